The lowest BCUT2D eigenvalue weighted by atomic mass is 9.97. The topological polar surface area (TPSA) is 55.6 Å². The van der Waals surface area contributed by atoms with Crippen LogP contribution in [0, 0.1) is 0 Å². The number of rotatable bonds is 3. The number of hydrogen-bond acceptors (Lipinski definition) is 4. The number of methoxy groups -OCH3 is 1. The Balaban J connectivity index is 1.82. The van der Waals surface area contributed by atoms with Gasteiger partial charge in [-0.05, 0) is 29.2 Å². The summed E-state index contributed by atoms with van der Waals surface area (Å²) in [5.41, 5.74) is 4.07. The monoisotopic (exact) mass is 272 g/mol. The van der Waals surface area contributed by atoms with Crippen molar-refractivity contribution in [3.8, 4) is 0 Å². The number of ether oxygens (including phenoxy) is 1. The average molecular weight is 272 g/mol. The second-order valence-electron chi connectivity index (χ2n) is 4.86. The fourth-order valence-electron chi connectivity index (χ4n) is 2.59. The summed E-state index contributed by atoms with van der Waals surface area (Å²) >= 11 is 0. The van der Waals surface area contributed by atoms with Crippen molar-refractivity contribution in [2.24, 2.45) is 0 Å². The SMILES string of the molecule is COCc1cncc2c1CCN(C(=O)c1ccoc1)C2. The van der Waals surface area contributed by atoms with Gasteiger partial charge in [-0.3, -0.25) is 9.78 Å². The molecule has 0 radical (unpaired) electrons. The average Bonchev–Trinajstić information content (AvgIpc) is 3.01. The van der Waals surface area contributed by atoms with E-state index in [0.717, 1.165) is 17.5 Å². The number of hydrogen-bond donors (Lipinski definition) is 0. The zero-order valence-electron chi connectivity index (χ0n) is 11.3. The third-order valence-corrected chi connectivity index (χ3v) is 3.58. The molecular formula is C15H16N2O3. The summed E-state index contributed by atoms with van der Waals surface area (Å²) < 4.78 is 10.2. The maximum Gasteiger partial charge on any atom is 0.257 e. The molecule has 0 N–H and O–H groups in total. The van der Waals surface area contributed by atoms with Gasteiger partial charge in [0.25, 0.3) is 5.91 Å². The molecule has 0 aliphatic carbocycles. The van der Waals surface area contributed by atoms with Crippen molar-refractivity contribution in [3.63, 3.8) is 0 Å². The molecule has 0 aromatic carbocycles. The highest BCUT2D eigenvalue weighted by Crippen LogP contribution is 2.23. The maximum atomic E-state index is 12.3. The number of nitrogens with zero attached hydrogens (tertiary/aromatic N) is 2. The van der Waals surface area contributed by atoms with Crippen LogP contribution in [0.3, 0.4) is 0 Å². The molecule has 5 nitrogen and oxygen atoms in total. The Morgan fingerprint density at radius 2 is 2.40 bits per heavy atom. The second-order valence-corrected chi connectivity index (χ2v) is 4.86. The van der Waals surface area contributed by atoms with Gasteiger partial charge in [0.15, 0.2) is 0 Å². The summed E-state index contributed by atoms with van der Waals surface area (Å²) in [6.45, 7) is 1.85. The van der Waals surface area contributed by atoms with Crippen LogP contribution in [0.5, 0.6) is 0 Å². The first kappa shape index (κ1) is 12.9. The van der Waals surface area contributed by atoms with E-state index in [1.807, 2.05) is 17.3 Å². The molecule has 20 heavy (non-hydrogen) atoms. The molecule has 1 amide bonds. The molecule has 0 saturated carbocycles. The molecule has 0 saturated heterocycles. The number of amides is 1. The maximum absolute atomic E-state index is 12.3. The first-order valence-corrected chi connectivity index (χ1v) is 6.54. The zero-order chi connectivity index (χ0) is 13.9. The molecule has 0 bridgehead atoms. The van der Waals surface area contributed by atoms with Crippen LogP contribution >= 0.6 is 0 Å². The minimum absolute atomic E-state index is 0.00143. The molecule has 0 unspecified atom stereocenters. The van der Waals surface area contributed by atoms with Crippen molar-refractivity contribution in [2.45, 2.75) is 19.6 Å². The van der Waals surface area contributed by atoms with Crippen LogP contribution in [0.15, 0.2) is 35.4 Å². The summed E-state index contributed by atoms with van der Waals surface area (Å²) in [6.07, 6.45) is 7.51. The molecule has 2 aromatic rings. The highest BCUT2D eigenvalue weighted by atomic mass is 16.5. The van der Waals surface area contributed by atoms with Gasteiger partial charge in [0.1, 0.15) is 6.26 Å². The molecule has 3 rings (SSSR count). The fourth-order valence-corrected chi connectivity index (χ4v) is 2.59. The summed E-state index contributed by atoms with van der Waals surface area (Å²) in [7, 11) is 1.68. The van der Waals surface area contributed by atoms with Crippen LogP contribution in [-0.2, 0) is 24.3 Å². The summed E-state index contributed by atoms with van der Waals surface area (Å²) in [6, 6.07) is 1.69. The van der Waals surface area contributed by atoms with Crippen molar-refractivity contribution in [2.75, 3.05) is 13.7 Å². The van der Waals surface area contributed by atoms with Crippen LogP contribution in [-0.4, -0.2) is 29.4 Å². The summed E-state index contributed by atoms with van der Waals surface area (Å²) in [5, 5.41) is 0. The lowest BCUT2D eigenvalue weighted by Crippen LogP contribution is -2.36. The predicted molar refractivity (Wildman–Crippen MR) is 72.1 cm³/mol. The quantitative estimate of drug-likeness (QED) is 0.857. The minimum atomic E-state index is 0.00143. The Kier molecular flexibility index (Phi) is 3.52. The highest BCUT2D eigenvalue weighted by Gasteiger charge is 2.24. The van der Waals surface area contributed by atoms with E-state index < -0.39 is 0 Å². The Morgan fingerprint density at radius 1 is 1.50 bits per heavy atom. The van der Waals surface area contributed by atoms with Gasteiger partial charge >= 0.3 is 0 Å². The Hall–Kier alpha value is -2.14. The Bertz CT molecular complexity index is 608. The molecule has 104 valence electrons. The zero-order valence-corrected chi connectivity index (χ0v) is 11.3. The standard InChI is InChI=1S/C15H16N2O3/c1-19-9-13-7-16-6-12-8-17(4-2-14(12)13)15(18)11-3-5-20-10-11/h3,5-7,10H,2,4,8-9H2,1H3. The van der Waals surface area contributed by atoms with E-state index in [2.05, 4.69) is 4.98 Å². The number of fused-ring (bicyclic) bond motifs is 1. The number of furan rings is 1. The van der Waals surface area contributed by atoms with Crippen molar-refractivity contribution in [3.05, 3.63) is 53.2 Å². The van der Waals surface area contributed by atoms with Crippen molar-refractivity contribution in [1.82, 2.24) is 9.88 Å². The van der Waals surface area contributed by atoms with Gasteiger partial charge in [-0.1, -0.05) is 0 Å². The lowest BCUT2D eigenvalue weighted by molar-refractivity contribution is 0.0732. The van der Waals surface area contributed by atoms with E-state index in [-0.39, 0.29) is 5.91 Å². The van der Waals surface area contributed by atoms with Gasteiger partial charge < -0.3 is 14.1 Å². The number of pyridine rings is 1. The van der Waals surface area contributed by atoms with Gasteiger partial charge in [-0.15, -0.1) is 0 Å². The van der Waals surface area contributed by atoms with Crippen molar-refractivity contribution < 1.29 is 13.9 Å². The first-order chi connectivity index (χ1) is 9.79. The molecule has 0 atom stereocenters. The minimum Gasteiger partial charge on any atom is -0.472 e. The number of carbonyl (C=O) groups excluding carboxylic acids is 1. The summed E-state index contributed by atoms with van der Waals surface area (Å²) in [4.78, 5) is 18.4. The van der Waals surface area contributed by atoms with E-state index in [1.165, 1.54) is 18.1 Å². The lowest BCUT2D eigenvalue weighted by Gasteiger charge is -2.29. The fraction of sp³-hybridized carbons (Fsp3) is 0.333. The smallest absolute Gasteiger partial charge is 0.257 e. The third-order valence-electron chi connectivity index (χ3n) is 3.58. The molecule has 0 spiro atoms. The van der Waals surface area contributed by atoms with Gasteiger partial charge in [-0.2, -0.15) is 0 Å². The van der Waals surface area contributed by atoms with Crippen molar-refractivity contribution >= 4 is 5.91 Å². The predicted octanol–water partition coefficient (Wildman–Crippen LogP) is 2.02. The molecule has 2 aromatic heterocycles. The van der Waals surface area contributed by atoms with Crippen LogP contribution in [0.25, 0.3) is 0 Å². The van der Waals surface area contributed by atoms with Gasteiger partial charge in [0, 0.05) is 32.6 Å². The molecule has 5 heteroatoms. The van der Waals surface area contributed by atoms with Crippen LogP contribution in [0.1, 0.15) is 27.0 Å². The van der Waals surface area contributed by atoms with E-state index in [9.17, 15) is 4.79 Å². The van der Waals surface area contributed by atoms with Gasteiger partial charge in [0.05, 0.1) is 18.4 Å². The Morgan fingerprint density at radius 3 is 3.15 bits per heavy atom. The normalized spacial score (nSPS) is 14.2. The third kappa shape index (κ3) is 2.32. The molecule has 0 fully saturated rings. The van der Waals surface area contributed by atoms with Gasteiger partial charge in [-0.25, -0.2) is 0 Å². The molecule has 3 heterocycles. The molecular weight excluding hydrogens is 256 g/mol. The van der Waals surface area contributed by atoms with Crippen LogP contribution < -0.4 is 0 Å². The summed E-state index contributed by atoms with van der Waals surface area (Å²) in [5.74, 6) is 0.00143. The van der Waals surface area contributed by atoms with E-state index >= 15 is 0 Å². The van der Waals surface area contributed by atoms with E-state index in [4.69, 9.17) is 9.15 Å². The highest BCUT2D eigenvalue weighted by molar-refractivity contribution is 5.93. The first-order valence-electron chi connectivity index (χ1n) is 6.54. The number of aromatic nitrogens is 1. The van der Waals surface area contributed by atoms with E-state index in [1.54, 1.807) is 13.2 Å². The van der Waals surface area contributed by atoms with Crippen molar-refractivity contribution in [1.29, 1.82) is 0 Å². The van der Waals surface area contributed by atoms with Crippen LogP contribution in [0.4, 0.5) is 0 Å². The number of carbonyl (C=O) groups is 1. The Labute approximate surface area is 117 Å². The second kappa shape index (κ2) is 5.46. The largest absolute Gasteiger partial charge is 0.472 e. The van der Waals surface area contributed by atoms with Crippen LogP contribution in [0.2, 0.25) is 0 Å². The molecule has 1 aliphatic heterocycles. The molecule has 1 aliphatic rings. The van der Waals surface area contributed by atoms with Gasteiger partial charge in [0.2, 0.25) is 0 Å². The van der Waals surface area contributed by atoms with E-state index in [0.29, 0.717) is 25.3 Å².